The maximum atomic E-state index is 9.28. The maximum absolute atomic E-state index is 9.28. The Hall–Kier alpha value is -2.38. The molecule has 0 radical (unpaired) electrons. The summed E-state index contributed by atoms with van der Waals surface area (Å²) in [6.45, 7) is 2.84. The molecule has 0 amide bonds. The number of benzene rings is 1. The van der Waals surface area contributed by atoms with E-state index in [2.05, 4.69) is 27.8 Å². The number of para-hydroxylation sites is 1. The number of anilines is 1. The van der Waals surface area contributed by atoms with Crippen LogP contribution in [-0.2, 0) is 0 Å². The van der Waals surface area contributed by atoms with Crippen molar-refractivity contribution in [3.8, 4) is 6.07 Å². The minimum absolute atomic E-state index is 0.605. The number of nitriles is 1. The Morgan fingerprint density at radius 3 is 3.05 bits per heavy atom. The van der Waals surface area contributed by atoms with Crippen LogP contribution in [0.2, 0.25) is 0 Å². The van der Waals surface area contributed by atoms with Crippen LogP contribution in [0.1, 0.15) is 18.4 Å². The molecule has 3 rings (SSSR count). The van der Waals surface area contributed by atoms with E-state index in [0.717, 1.165) is 43.4 Å². The summed E-state index contributed by atoms with van der Waals surface area (Å²) in [6, 6.07) is 12.0. The van der Waals surface area contributed by atoms with Gasteiger partial charge in [-0.3, -0.25) is 0 Å². The van der Waals surface area contributed by atoms with Crippen molar-refractivity contribution in [2.75, 3.05) is 25.0 Å². The fraction of sp³-hybridized carbons (Fsp3) is 0.294. The Labute approximate surface area is 124 Å². The summed E-state index contributed by atoms with van der Waals surface area (Å²) >= 11 is 0. The average molecular weight is 278 g/mol. The molecule has 106 valence electrons. The van der Waals surface area contributed by atoms with Gasteiger partial charge in [-0.05, 0) is 31.5 Å². The Bertz CT molecular complexity index is 712. The molecule has 0 atom stereocenters. The highest BCUT2D eigenvalue weighted by Crippen LogP contribution is 2.20. The first-order valence-corrected chi connectivity index (χ1v) is 7.29. The molecular weight excluding hydrogens is 260 g/mol. The lowest BCUT2D eigenvalue weighted by Crippen LogP contribution is -2.21. The number of hydrogen-bond donors (Lipinski definition) is 2. The van der Waals surface area contributed by atoms with Crippen molar-refractivity contribution in [1.29, 1.82) is 5.26 Å². The van der Waals surface area contributed by atoms with E-state index in [1.54, 1.807) is 0 Å². The lowest BCUT2D eigenvalue weighted by molar-refractivity contribution is 0.683. The fourth-order valence-corrected chi connectivity index (χ4v) is 2.57. The molecule has 0 saturated heterocycles. The van der Waals surface area contributed by atoms with E-state index in [-0.39, 0.29) is 0 Å². The summed E-state index contributed by atoms with van der Waals surface area (Å²) < 4.78 is 0. The summed E-state index contributed by atoms with van der Waals surface area (Å²) in [4.78, 5) is 4.56. The summed E-state index contributed by atoms with van der Waals surface area (Å²) in [7, 11) is 0. The molecule has 0 aliphatic carbocycles. The van der Waals surface area contributed by atoms with E-state index >= 15 is 0 Å². The maximum Gasteiger partial charge on any atom is 0.144 e. The van der Waals surface area contributed by atoms with Gasteiger partial charge in [-0.1, -0.05) is 29.8 Å². The SMILES string of the molecule is N#Cc1cc2ccccc2nc1NCCC1=CCNCC1. The molecule has 1 aromatic heterocycles. The minimum Gasteiger partial charge on any atom is -0.369 e. The average Bonchev–Trinajstić information content (AvgIpc) is 2.55. The van der Waals surface area contributed by atoms with Crippen molar-refractivity contribution in [3.63, 3.8) is 0 Å². The number of fused-ring (bicyclic) bond motifs is 1. The van der Waals surface area contributed by atoms with Crippen LogP contribution in [0.15, 0.2) is 42.0 Å². The smallest absolute Gasteiger partial charge is 0.144 e. The molecule has 0 fully saturated rings. The highest BCUT2D eigenvalue weighted by molar-refractivity contribution is 5.82. The Kier molecular flexibility index (Phi) is 4.13. The Morgan fingerprint density at radius 2 is 2.24 bits per heavy atom. The van der Waals surface area contributed by atoms with Gasteiger partial charge in [0.05, 0.1) is 11.1 Å². The van der Waals surface area contributed by atoms with Crippen LogP contribution in [0, 0.1) is 11.3 Å². The molecule has 1 aromatic carbocycles. The quantitative estimate of drug-likeness (QED) is 0.844. The number of nitrogens with one attached hydrogen (secondary N) is 2. The van der Waals surface area contributed by atoms with Gasteiger partial charge in [0.2, 0.25) is 0 Å². The first kappa shape index (κ1) is 13.6. The molecule has 1 aliphatic rings. The van der Waals surface area contributed by atoms with Gasteiger partial charge < -0.3 is 10.6 Å². The predicted octanol–water partition coefficient (Wildman–Crippen LogP) is 2.83. The van der Waals surface area contributed by atoms with E-state index in [0.29, 0.717) is 11.4 Å². The second-order valence-electron chi connectivity index (χ2n) is 5.18. The molecule has 2 aromatic rings. The highest BCUT2D eigenvalue weighted by atomic mass is 15.0. The zero-order valence-electron chi connectivity index (χ0n) is 11.9. The number of pyridine rings is 1. The lowest BCUT2D eigenvalue weighted by Gasteiger charge is -2.15. The lowest BCUT2D eigenvalue weighted by atomic mass is 10.1. The summed E-state index contributed by atoms with van der Waals surface area (Å²) in [5.74, 6) is 0.686. The van der Waals surface area contributed by atoms with E-state index in [4.69, 9.17) is 0 Å². The second kappa shape index (κ2) is 6.38. The third kappa shape index (κ3) is 3.21. The van der Waals surface area contributed by atoms with Gasteiger partial charge in [0.25, 0.3) is 0 Å². The van der Waals surface area contributed by atoms with E-state index < -0.39 is 0 Å². The van der Waals surface area contributed by atoms with Crippen LogP contribution in [-0.4, -0.2) is 24.6 Å². The molecule has 4 heteroatoms. The molecule has 0 unspecified atom stereocenters. The van der Waals surface area contributed by atoms with Crippen LogP contribution >= 0.6 is 0 Å². The van der Waals surface area contributed by atoms with Crippen molar-refractivity contribution >= 4 is 16.7 Å². The fourth-order valence-electron chi connectivity index (χ4n) is 2.57. The van der Waals surface area contributed by atoms with Crippen molar-refractivity contribution in [1.82, 2.24) is 10.3 Å². The Morgan fingerprint density at radius 1 is 1.33 bits per heavy atom. The number of hydrogen-bond acceptors (Lipinski definition) is 4. The van der Waals surface area contributed by atoms with Crippen molar-refractivity contribution < 1.29 is 0 Å². The molecule has 2 heterocycles. The third-order valence-corrected chi connectivity index (χ3v) is 3.74. The first-order valence-electron chi connectivity index (χ1n) is 7.29. The van der Waals surface area contributed by atoms with Gasteiger partial charge in [-0.15, -0.1) is 0 Å². The van der Waals surface area contributed by atoms with Crippen LogP contribution in [0.4, 0.5) is 5.82 Å². The van der Waals surface area contributed by atoms with Gasteiger partial charge in [0.1, 0.15) is 11.9 Å². The number of rotatable bonds is 4. The van der Waals surface area contributed by atoms with E-state index in [9.17, 15) is 5.26 Å². The predicted molar refractivity (Wildman–Crippen MR) is 85.1 cm³/mol. The number of aromatic nitrogens is 1. The number of nitrogens with zero attached hydrogens (tertiary/aromatic N) is 2. The van der Waals surface area contributed by atoms with Gasteiger partial charge in [0, 0.05) is 18.5 Å². The molecule has 0 bridgehead atoms. The highest BCUT2D eigenvalue weighted by Gasteiger charge is 2.07. The van der Waals surface area contributed by atoms with E-state index in [1.165, 1.54) is 5.57 Å². The van der Waals surface area contributed by atoms with Crippen LogP contribution in [0.5, 0.6) is 0 Å². The monoisotopic (exact) mass is 278 g/mol. The molecule has 21 heavy (non-hydrogen) atoms. The summed E-state index contributed by atoms with van der Waals surface area (Å²) in [6.07, 6.45) is 4.36. The van der Waals surface area contributed by atoms with Gasteiger partial charge in [0.15, 0.2) is 0 Å². The van der Waals surface area contributed by atoms with Crippen molar-refractivity contribution in [2.24, 2.45) is 0 Å². The third-order valence-electron chi connectivity index (χ3n) is 3.74. The molecule has 1 aliphatic heterocycles. The van der Waals surface area contributed by atoms with Crippen LogP contribution in [0.3, 0.4) is 0 Å². The summed E-state index contributed by atoms with van der Waals surface area (Å²) in [5, 5.41) is 16.9. The van der Waals surface area contributed by atoms with Crippen LogP contribution < -0.4 is 10.6 Å². The second-order valence-corrected chi connectivity index (χ2v) is 5.18. The largest absolute Gasteiger partial charge is 0.369 e. The van der Waals surface area contributed by atoms with E-state index in [1.807, 2.05) is 30.3 Å². The topological polar surface area (TPSA) is 60.7 Å². The normalized spacial score (nSPS) is 14.5. The zero-order valence-corrected chi connectivity index (χ0v) is 11.9. The Balaban J connectivity index is 1.73. The van der Waals surface area contributed by atoms with Gasteiger partial charge in [-0.2, -0.15) is 5.26 Å². The molecule has 2 N–H and O–H groups in total. The van der Waals surface area contributed by atoms with Crippen LogP contribution in [0.25, 0.3) is 10.9 Å². The molecule has 0 spiro atoms. The molecule has 4 nitrogen and oxygen atoms in total. The standard InChI is InChI=1S/C17H18N4/c18-12-15-11-14-3-1-2-4-16(14)21-17(15)20-10-7-13-5-8-19-9-6-13/h1-5,11,19H,6-10H2,(H,20,21). The van der Waals surface area contributed by atoms with Crippen molar-refractivity contribution in [3.05, 3.63) is 47.5 Å². The first-order chi connectivity index (χ1) is 10.4. The molecule has 0 saturated carbocycles. The van der Waals surface area contributed by atoms with Gasteiger partial charge in [-0.25, -0.2) is 4.98 Å². The minimum atomic E-state index is 0.605. The molecular formula is C17H18N4. The summed E-state index contributed by atoms with van der Waals surface area (Å²) in [5.41, 5.74) is 2.99. The zero-order chi connectivity index (χ0) is 14.5. The van der Waals surface area contributed by atoms with Crippen molar-refractivity contribution in [2.45, 2.75) is 12.8 Å². The van der Waals surface area contributed by atoms with Gasteiger partial charge >= 0.3 is 0 Å².